The van der Waals surface area contributed by atoms with Crippen LogP contribution in [-0.2, 0) is 20.7 Å². The van der Waals surface area contributed by atoms with Gasteiger partial charge in [0.2, 0.25) is 5.91 Å². The van der Waals surface area contributed by atoms with E-state index in [1.54, 1.807) is 18.2 Å². The highest BCUT2D eigenvalue weighted by Gasteiger charge is 2.20. The Balaban J connectivity index is 1.54. The fourth-order valence-electron chi connectivity index (χ4n) is 2.66. The fourth-order valence-corrected chi connectivity index (χ4v) is 2.66. The molecule has 0 spiro atoms. The van der Waals surface area contributed by atoms with Gasteiger partial charge in [0.05, 0.1) is 0 Å². The molecule has 1 aliphatic rings. The molecule has 140 valence electrons. The minimum absolute atomic E-state index is 0.0503. The summed E-state index contributed by atoms with van der Waals surface area (Å²) in [6, 6.07) is 10.2. The smallest absolute Gasteiger partial charge is 0.347 e. The standard InChI is InChI=1S/C20H18FNO5/c1-12(27-16-6-4-15(21)5-7-16)20(25)26-11-18(23)14-2-8-17-13(10-14)3-9-19(24)22-17/h2,4-8,10,12H,3,9,11H2,1H3,(H,22,24)/t12-/m0/s1. The Bertz CT molecular complexity index is 878. The second-order valence-corrected chi connectivity index (χ2v) is 6.16. The lowest BCUT2D eigenvalue weighted by atomic mass is 9.99. The van der Waals surface area contributed by atoms with Crippen LogP contribution in [0.1, 0.15) is 29.3 Å². The van der Waals surface area contributed by atoms with Crippen LogP contribution in [0.4, 0.5) is 10.1 Å². The number of carbonyl (C=O) groups is 3. The molecule has 1 atom stereocenters. The number of halogens is 1. The predicted octanol–water partition coefficient (Wildman–Crippen LogP) is 2.90. The van der Waals surface area contributed by atoms with Crippen molar-refractivity contribution in [3.8, 4) is 5.75 Å². The summed E-state index contributed by atoms with van der Waals surface area (Å²) in [5, 5.41) is 2.74. The number of ketones is 1. The molecule has 1 N–H and O–H groups in total. The van der Waals surface area contributed by atoms with Gasteiger partial charge in [-0.1, -0.05) is 0 Å². The van der Waals surface area contributed by atoms with Gasteiger partial charge in [-0.05, 0) is 61.4 Å². The molecule has 2 aromatic carbocycles. The summed E-state index contributed by atoms with van der Waals surface area (Å²) >= 11 is 0. The molecule has 7 heteroatoms. The van der Waals surface area contributed by atoms with E-state index in [-0.39, 0.29) is 11.7 Å². The summed E-state index contributed by atoms with van der Waals surface area (Å²) in [4.78, 5) is 35.6. The van der Waals surface area contributed by atoms with Gasteiger partial charge in [-0.25, -0.2) is 9.18 Å². The maximum atomic E-state index is 12.9. The van der Waals surface area contributed by atoms with Crippen LogP contribution < -0.4 is 10.1 Å². The van der Waals surface area contributed by atoms with Crippen molar-refractivity contribution in [2.45, 2.75) is 25.9 Å². The van der Waals surface area contributed by atoms with Crippen LogP contribution >= 0.6 is 0 Å². The lowest BCUT2D eigenvalue weighted by Crippen LogP contribution is -2.28. The SMILES string of the molecule is C[C@H](Oc1ccc(F)cc1)C(=O)OCC(=O)c1ccc2c(c1)CCC(=O)N2. The second-order valence-electron chi connectivity index (χ2n) is 6.16. The summed E-state index contributed by atoms with van der Waals surface area (Å²) in [5.74, 6) is -1.18. The van der Waals surface area contributed by atoms with Gasteiger partial charge in [-0.15, -0.1) is 0 Å². The molecule has 0 saturated heterocycles. The molecule has 0 aliphatic carbocycles. The number of ether oxygens (including phenoxy) is 2. The number of nitrogens with one attached hydrogen (secondary N) is 1. The van der Waals surface area contributed by atoms with E-state index in [1.165, 1.54) is 31.2 Å². The third kappa shape index (κ3) is 4.69. The maximum Gasteiger partial charge on any atom is 0.347 e. The Kier molecular flexibility index (Phi) is 5.49. The molecule has 1 aliphatic heterocycles. The van der Waals surface area contributed by atoms with Crippen molar-refractivity contribution in [1.29, 1.82) is 0 Å². The van der Waals surface area contributed by atoms with Gasteiger partial charge in [0.1, 0.15) is 11.6 Å². The topological polar surface area (TPSA) is 81.7 Å². The zero-order valence-electron chi connectivity index (χ0n) is 14.7. The molecule has 27 heavy (non-hydrogen) atoms. The number of hydrogen-bond donors (Lipinski definition) is 1. The lowest BCUT2D eigenvalue weighted by Gasteiger charge is -2.17. The Hall–Kier alpha value is -3.22. The average Bonchev–Trinajstić information content (AvgIpc) is 2.67. The molecule has 0 unspecified atom stereocenters. The molecule has 0 radical (unpaired) electrons. The van der Waals surface area contributed by atoms with E-state index in [1.807, 2.05) is 0 Å². The van der Waals surface area contributed by atoms with Crippen LogP contribution in [0.2, 0.25) is 0 Å². The first kappa shape index (κ1) is 18.6. The van der Waals surface area contributed by atoms with Crippen LogP contribution in [-0.4, -0.2) is 30.4 Å². The molecular formula is C20H18FNO5. The maximum absolute atomic E-state index is 12.9. The molecule has 1 heterocycles. The molecule has 0 bridgehead atoms. The third-order valence-electron chi connectivity index (χ3n) is 4.13. The van der Waals surface area contributed by atoms with E-state index < -0.39 is 24.5 Å². The second kappa shape index (κ2) is 7.99. The number of esters is 1. The average molecular weight is 371 g/mol. The van der Waals surface area contributed by atoms with Gasteiger partial charge in [0.25, 0.3) is 0 Å². The molecule has 3 rings (SSSR count). The highest BCUT2D eigenvalue weighted by atomic mass is 19.1. The van der Waals surface area contributed by atoms with Gasteiger partial charge in [-0.3, -0.25) is 9.59 Å². The third-order valence-corrected chi connectivity index (χ3v) is 4.13. The molecule has 0 aromatic heterocycles. The number of rotatable bonds is 6. The first-order valence-electron chi connectivity index (χ1n) is 8.47. The van der Waals surface area contributed by atoms with Crippen LogP contribution in [0, 0.1) is 5.82 Å². The van der Waals surface area contributed by atoms with E-state index >= 15 is 0 Å². The quantitative estimate of drug-likeness (QED) is 0.624. The van der Waals surface area contributed by atoms with Gasteiger partial charge in [0, 0.05) is 17.7 Å². The monoisotopic (exact) mass is 371 g/mol. The van der Waals surface area contributed by atoms with E-state index in [4.69, 9.17) is 9.47 Å². The minimum atomic E-state index is -0.943. The number of hydrogen-bond acceptors (Lipinski definition) is 5. The van der Waals surface area contributed by atoms with Crippen molar-refractivity contribution < 1.29 is 28.2 Å². The largest absolute Gasteiger partial charge is 0.479 e. The number of amides is 1. The van der Waals surface area contributed by atoms with Crippen LogP contribution in [0.3, 0.4) is 0 Å². The number of fused-ring (bicyclic) bond motifs is 1. The van der Waals surface area contributed by atoms with Crippen molar-refractivity contribution >= 4 is 23.3 Å². The summed E-state index contributed by atoms with van der Waals surface area (Å²) in [6.45, 7) is 1.07. The highest BCUT2D eigenvalue weighted by molar-refractivity contribution is 6.00. The summed E-state index contributed by atoms with van der Waals surface area (Å²) in [5.41, 5.74) is 1.98. The summed E-state index contributed by atoms with van der Waals surface area (Å²) < 4.78 is 23.3. The van der Waals surface area contributed by atoms with E-state index in [2.05, 4.69) is 5.32 Å². The zero-order valence-corrected chi connectivity index (χ0v) is 14.7. The predicted molar refractivity (Wildman–Crippen MR) is 95.2 cm³/mol. The number of anilines is 1. The van der Waals surface area contributed by atoms with Gasteiger partial charge in [-0.2, -0.15) is 0 Å². The van der Waals surface area contributed by atoms with Crippen LogP contribution in [0.15, 0.2) is 42.5 Å². The van der Waals surface area contributed by atoms with E-state index in [9.17, 15) is 18.8 Å². The van der Waals surface area contributed by atoms with Crippen molar-refractivity contribution in [3.05, 3.63) is 59.4 Å². The minimum Gasteiger partial charge on any atom is -0.479 e. The molecule has 2 aromatic rings. The Morgan fingerprint density at radius 3 is 2.63 bits per heavy atom. The van der Waals surface area contributed by atoms with Crippen LogP contribution in [0.5, 0.6) is 5.75 Å². The highest BCUT2D eigenvalue weighted by Crippen LogP contribution is 2.23. The lowest BCUT2D eigenvalue weighted by molar-refractivity contribution is -0.149. The molecule has 0 saturated carbocycles. The van der Waals surface area contributed by atoms with Crippen molar-refractivity contribution in [1.82, 2.24) is 0 Å². The first-order chi connectivity index (χ1) is 12.9. The first-order valence-corrected chi connectivity index (χ1v) is 8.47. The van der Waals surface area contributed by atoms with Crippen molar-refractivity contribution in [3.63, 3.8) is 0 Å². The fraction of sp³-hybridized carbons (Fsp3) is 0.250. The number of aryl methyl sites for hydroxylation is 1. The van der Waals surface area contributed by atoms with E-state index in [0.29, 0.717) is 29.8 Å². The van der Waals surface area contributed by atoms with Crippen molar-refractivity contribution in [2.75, 3.05) is 11.9 Å². The normalized spacial score (nSPS) is 13.9. The Morgan fingerprint density at radius 2 is 1.89 bits per heavy atom. The molecular weight excluding hydrogens is 353 g/mol. The van der Waals surface area contributed by atoms with E-state index in [0.717, 1.165) is 5.56 Å². The number of Topliss-reactive ketones (excluding diaryl/α,β-unsaturated/α-hetero) is 1. The van der Waals surface area contributed by atoms with Crippen molar-refractivity contribution in [2.24, 2.45) is 0 Å². The molecule has 1 amide bonds. The van der Waals surface area contributed by atoms with Gasteiger partial charge in [0.15, 0.2) is 18.5 Å². The Labute approximate surface area is 155 Å². The summed E-state index contributed by atoms with van der Waals surface area (Å²) in [6.07, 6.45) is -0.00956. The number of benzene rings is 2. The molecule has 6 nitrogen and oxygen atoms in total. The zero-order chi connectivity index (χ0) is 19.4. The summed E-state index contributed by atoms with van der Waals surface area (Å²) in [7, 11) is 0. The Morgan fingerprint density at radius 1 is 1.15 bits per heavy atom. The van der Waals surface area contributed by atoms with Gasteiger partial charge < -0.3 is 14.8 Å². The van der Waals surface area contributed by atoms with Crippen LogP contribution in [0.25, 0.3) is 0 Å². The van der Waals surface area contributed by atoms with Gasteiger partial charge >= 0.3 is 5.97 Å². The molecule has 0 fully saturated rings. The number of carbonyl (C=O) groups excluding carboxylic acids is 3.